The van der Waals surface area contributed by atoms with Gasteiger partial charge in [-0.1, -0.05) is 6.42 Å². The quantitative estimate of drug-likeness (QED) is 0.177. The van der Waals surface area contributed by atoms with Gasteiger partial charge in [-0.3, -0.25) is 9.59 Å². The molecule has 9 nitrogen and oxygen atoms in total. The topological polar surface area (TPSA) is 143 Å². The van der Waals surface area contributed by atoms with Gasteiger partial charge in [-0.25, -0.2) is 0 Å². The van der Waals surface area contributed by atoms with Crippen LogP contribution < -0.4 is 16.4 Å². The van der Waals surface area contributed by atoms with Crippen LogP contribution in [0.15, 0.2) is 0 Å². The van der Waals surface area contributed by atoms with E-state index in [9.17, 15) is 9.59 Å². The van der Waals surface area contributed by atoms with Gasteiger partial charge < -0.3 is 36.1 Å². The maximum absolute atomic E-state index is 11.7. The van der Waals surface area contributed by atoms with E-state index < -0.39 is 0 Å². The van der Waals surface area contributed by atoms with Crippen molar-refractivity contribution < 1.29 is 29.3 Å². The Kier molecular flexibility index (Phi) is 16.2. The Morgan fingerprint density at radius 1 is 0.962 bits per heavy atom. The van der Waals surface area contributed by atoms with Crippen molar-refractivity contribution in [1.29, 1.82) is 1.43 Å². The fourth-order valence-corrected chi connectivity index (χ4v) is 2.08. The molecule has 0 aromatic carbocycles. The van der Waals surface area contributed by atoms with Crippen LogP contribution in [-0.4, -0.2) is 82.7 Å². The van der Waals surface area contributed by atoms with Crippen LogP contribution in [0.4, 0.5) is 0 Å². The highest BCUT2D eigenvalue weighted by molar-refractivity contribution is 5.83. The summed E-state index contributed by atoms with van der Waals surface area (Å²) in [5, 5.41) is 18.8. The highest BCUT2D eigenvalue weighted by atomic mass is 16.5. The SMILES string of the molecule is [2H]OCC(CO)CCCCNC(=O)CCC(=O)NCCOCCOCCN. The lowest BCUT2D eigenvalue weighted by molar-refractivity contribution is -0.126. The number of aliphatic hydroxyl groups is 2. The van der Waals surface area contributed by atoms with Gasteiger partial charge in [0.25, 0.3) is 0 Å². The highest BCUT2D eigenvalue weighted by Gasteiger charge is 2.07. The number of carbonyl (C=O) groups excluding carboxylic acids is 2. The predicted molar refractivity (Wildman–Crippen MR) is 97.5 cm³/mol. The normalized spacial score (nSPS) is 12.5. The van der Waals surface area contributed by atoms with Crippen LogP contribution in [0.3, 0.4) is 0 Å². The average molecular weight is 378 g/mol. The first-order valence-corrected chi connectivity index (χ1v) is 9.22. The molecule has 0 aliphatic rings. The number of unbranched alkanes of at least 4 members (excludes halogenated alkanes) is 1. The maximum atomic E-state index is 11.7. The summed E-state index contributed by atoms with van der Waals surface area (Å²) in [6.45, 7) is 3.44. The fourth-order valence-electron chi connectivity index (χ4n) is 2.08. The standard InChI is InChI=1S/C17H35N3O6/c18-6-9-25-11-12-26-10-8-20-17(24)5-4-16(23)19-7-2-1-3-15(13-21)14-22/h15,21-22H,1-14,18H2,(H,19,23)(H,20,24)/i21D. The number of aliphatic hydroxyl groups excluding tert-OH is 2. The number of hydrogen-bond acceptors (Lipinski definition) is 7. The van der Waals surface area contributed by atoms with E-state index in [2.05, 4.69) is 15.7 Å². The van der Waals surface area contributed by atoms with E-state index in [0.717, 1.165) is 19.3 Å². The van der Waals surface area contributed by atoms with Gasteiger partial charge in [0.1, 0.15) is 0 Å². The van der Waals surface area contributed by atoms with Gasteiger partial charge in [-0.15, -0.1) is 0 Å². The molecular weight excluding hydrogens is 342 g/mol. The largest absolute Gasteiger partial charge is 0.396 e. The second-order valence-corrected chi connectivity index (χ2v) is 5.92. The van der Waals surface area contributed by atoms with Crippen molar-refractivity contribution in [2.75, 3.05) is 59.3 Å². The van der Waals surface area contributed by atoms with Crippen LogP contribution in [0.1, 0.15) is 32.1 Å². The van der Waals surface area contributed by atoms with Crippen LogP contribution in [-0.2, 0) is 19.1 Å². The van der Waals surface area contributed by atoms with E-state index in [1.807, 2.05) is 0 Å². The molecule has 1 atom stereocenters. The minimum atomic E-state index is -0.186. The molecule has 0 aromatic heterocycles. The third kappa shape index (κ3) is 16.2. The van der Waals surface area contributed by atoms with E-state index in [0.29, 0.717) is 46.1 Å². The zero-order chi connectivity index (χ0) is 20.2. The van der Waals surface area contributed by atoms with Crippen LogP contribution in [0.5, 0.6) is 0 Å². The van der Waals surface area contributed by atoms with Crippen molar-refractivity contribution in [3.63, 3.8) is 0 Å². The molecule has 9 heteroatoms. The molecule has 0 saturated carbocycles. The summed E-state index contributed by atoms with van der Waals surface area (Å²) in [7, 11) is 0. The molecule has 2 amide bonds. The first-order valence-electron chi connectivity index (χ1n) is 9.62. The lowest BCUT2D eigenvalue weighted by Crippen LogP contribution is -2.30. The van der Waals surface area contributed by atoms with Gasteiger partial charge in [0.2, 0.25) is 13.2 Å². The van der Waals surface area contributed by atoms with Crippen LogP contribution in [0, 0.1) is 5.92 Å². The first kappa shape index (κ1) is 22.8. The van der Waals surface area contributed by atoms with Gasteiger partial charge in [0.15, 0.2) is 0 Å². The molecule has 0 heterocycles. The Hall–Kier alpha value is -1.26. The minimum absolute atomic E-state index is 0.00649. The number of nitrogens with one attached hydrogen (secondary N) is 2. The summed E-state index contributed by atoms with van der Waals surface area (Å²) in [5.41, 5.74) is 5.28. The van der Waals surface area contributed by atoms with Gasteiger partial charge >= 0.3 is 0 Å². The summed E-state index contributed by atoms with van der Waals surface area (Å²) in [5.74, 6) is -0.384. The van der Waals surface area contributed by atoms with Crippen molar-refractivity contribution in [2.45, 2.75) is 32.1 Å². The van der Waals surface area contributed by atoms with Gasteiger partial charge in [-0.2, -0.15) is 0 Å². The molecule has 6 N–H and O–H groups in total. The lowest BCUT2D eigenvalue weighted by atomic mass is 10.0. The summed E-state index contributed by atoms with van der Waals surface area (Å²) >= 11 is 0. The Morgan fingerprint density at radius 2 is 1.62 bits per heavy atom. The number of carbonyl (C=O) groups is 2. The van der Waals surface area contributed by atoms with Crippen molar-refractivity contribution in [2.24, 2.45) is 11.7 Å². The second kappa shape index (κ2) is 18.5. The van der Waals surface area contributed by atoms with Crippen molar-refractivity contribution >= 4 is 11.8 Å². The van der Waals surface area contributed by atoms with Crippen LogP contribution in [0.25, 0.3) is 0 Å². The highest BCUT2D eigenvalue weighted by Crippen LogP contribution is 2.06. The van der Waals surface area contributed by atoms with E-state index in [1.165, 1.54) is 0 Å². The maximum Gasteiger partial charge on any atom is 0.220 e. The number of rotatable bonds is 19. The zero-order valence-corrected chi connectivity index (χ0v) is 15.5. The van der Waals surface area contributed by atoms with E-state index in [4.69, 9.17) is 21.7 Å². The average Bonchev–Trinajstić information content (AvgIpc) is 2.67. The monoisotopic (exact) mass is 378 g/mol. The van der Waals surface area contributed by atoms with Crippen LogP contribution >= 0.6 is 0 Å². The van der Waals surface area contributed by atoms with Gasteiger partial charge in [-0.05, 0) is 12.8 Å². The van der Waals surface area contributed by atoms with Crippen molar-refractivity contribution in [1.82, 2.24) is 10.6 Å². The number of ether oxygens (including phenoxy) is 2. The Bertz CT molecular complexity index is 377. The Labute approximate surface area is 157 Å². The molecule has 0 bridgehead atoms. The van der Waals surface area contributed by atoms with Crippen molar-refractivity contribution in [3.8, 4) is 0 Å². The molecule has 0 saturated heterocycles. The van der Waals surface area contributed by atoms with E-state index in [1.54, 1.807) is 0 Å². The molecule has 0 fully saturated rings. The molecule has 0 spiro atoms. The summed E-state index contributed by atoms with van der Waals surface area (Å²) in [4.78, 5) is 23.3. The zero-order valence-electron chi connectivity index (χ0n) is 16.5. The minimum Gasteiger partial charge on any atom is -0.396 e. The third-order valence-electron chi connectivity index (χ3n) is 3.64. The smallest absolute Gasteiger partial charge is 0.220 e. The van der Waals surface area contributed by atoms with E-state index in [-0.39, 0.29) is 43.8 Å². The molecule has 0 rings (SSSR count). The fraction of sp³-hybridized carbons (Fsp3) is 0.882. The van der Waals surface area contributed by atoms with Gasteiger partial charge in [0.05, 0.1) is 26.4 Å². The first-order chi connectivity index (χ1) is 13.1. The Balaban J connectivity index is 3.46. The Morgan fingerprint density at radius 3 is 2.23 bits per heavy atom. The molecule has 0 radical (unpaired) electrons. The molecule has 154 valence electrons. The number of hydrogen-bond donors (Lipinski definition) is 5. The van der Waals surface area contributed by atoms with Crippen LogP contribution in [0.2, 0.25) is 0 Å². The lowest BCUT2D eigenvalue weighted by Gasteiger charge is -2.10. The number of nitrogens with two attached hydrogens (primary N) is 1. The summed E-state index contributed by atoms with van der Waals surface area (Å²) in [6.07, 6.45) is 2.63. The summed E-state index contributed by atoms with van der Waals surface area (Å²) in [6, 6.07) is 0. The third-order valence-corrected chi connectivity index (χ3v) is 3.64. The number of amides is 2. The molecule has 26 heavy (non-hydrogen) atoms. The van der Waals surface area contributed by atoms with E-state index >= 15 is 0 Å². The molecule has 0 aliphatic heterocycles. The summed E-state index contributed by atoms with van der Waals surface area (Å²) < 4.78 is 17.1. The second-order valence-electron chi connectivity index (χ2n) is 5.92. The predicted octanol–water partition coefficient (Wildman–Crippen LogP) is -1.24. The molecular formula is C17H35N3O6. The molecule has 0 aromatic rings. The molecule has 1 unspecified atom stereocenters. The molecule has 0 aliphatic carbocycles. The van der Waals surface area contributed by atoms with Gasteiger partial charge in [0, 0.05) is 51.6 Å². The van der Waals surface area contributed by atoms with Crippen molar-refractivity contribution in [3.05, 3.63) is 0 Å².